The van der Waals surface area contributed by atoms with E-state index in [4.69, 9.17) is 5.26 Å². The Bertz CT molecular complexity index is 764. The van der Waals surface area contributed by atoms with Crippen molar-refractivity contribution in [2.24, 2.45) is 0 Å². The number of hydrogen-bond donors (Lipinski definition) is 0. The molecule has 1 aromatic carbocycles. The van der Waals surface area contributed by atoms with Crippen LogP contribution in [0.15, 0.2) is 24.3 Å². The van der Waals surface area contributed by atoms with E-state index in [-0.39, 0.29) is 24.8 Å². The predicted molar refractivity (Wildman–Crippen MR) is 92.4 cm³/mol. The van der Waals surface area contributed by atoms with E-state index in [0.29, 0.717) is 5.56 Å². The van der Waals surface area contributed by atoms with Crippen molar-refractivity contribution in [2.45, 2.75) is 44.6 Å². The van der Waals surface area contributed by atoms with Crippen LogP contribution >= 0.6 is 22.6 Å². The van der Waals surface area contributed by atoms with E-state index >= 15 is 0 Å². The van der Waals surface area contributed by atoms with E-state index in [9.17, 15) is 8.78 Å². The third-order valence-corrected chi connectivity index (χ3v) is 5.24. The molecule has 0 unspecified atom stereocenters. The SMILES string of the molecule is CC(C)n1nc(-c2ccc(C#N)cc2)c(C2CC(F)(F)C2)c1I. The molecule has 0 atom stereocenters. The largest absolute Gasteiger partial charge is 0.256 e. The number of hydrogen-bond acceptors (Lipinski definition) is 2. The van der Waals surface area contributed by atoms with Gasteiger partial charge in [-0.3, -0.25) is 4.68 Å². The van der Waals surface area contributed by atoms with Gasteiger partial charge in [-0.1, -0.05) is 12.1 Å². The number of nitrogens with zero attached hydrogens (tertiary/aromatic N) is 3. The second-order valence-corrected chi connectivity index (χ2v) is 7.26. The van der Waals surface area contributed by atoms with Gasteiger partial charge in [-0.15, -0.1) is 0 Å². The summed E-state index contributed by atoms with van der Waals surface area (Å²) in [6, 6.07) is 9.38. The van der Waals surface area contributed by atoms with E-state index < -0.39 is 5.92 Å². The van der Waals surface area contributed by atoms with Crippen molar-refractivity contribution in [2.75, 3.05) is 0 Å². The number of alkyl halides is 2. The van der Waals surface area contributed by atoms with Gasteiger partial charge in [-0.25, -0.2) is 8.78 Å². The van der Waals surface area contributed by atoms with Gasteiger partial charge >= 0.3 is 0 Å². The van der Waals surface area contributed by atoms with Crippen LogP contribution in [0.2, 0.25) is 0 Å². The van der Waals surface area contributed by atoms with Gasteiger partial charge in [0, 0.05) is 35.9 Å². The summed E-state index contributed by atoms with van der Waals surface area (Å²) in [5, 5.41) is 13.6. The predicted octanol–water partition coefficient (Wildman–Crippen LogP) is 5.12. The van der Waals surface area contributed by atoms with Gasteiger partial charge in [-0.2, -0.15) is 10.4 Å². The van der Waals surface area contributed by atoms with Gasteiger partial charge < -0.3 is 0 Å². The third-order valence-electron chi connectivity index (χ3n) is 4.16. The molecule has 0 saturated heterocycles. The number of benzene rings is 1. The molecule has 23 heavy (non-hydrogen) atoms. The molecule has 1 aliphatic carbocycles. The molecular weight excluding hydrogens is 411 g/mol. The number of nitriles is 1. The Morgan fingerprint density at radius 1 is 1.30 bits per heavy atom. The minimum absolute atomic E-state index is 0.115. The molecule has 1 heterocycles. The molecule has 0 N–H and O–H groups in total. The minimum Gasteiger partial charge on any atom is -0.256 e. The molecule has 6 heteroatoms. The molecule has 1 saturated carbocycles. The maximum absolute atomic E-state index is 13.3. The third kappa shape index (κ3) is 2.99. The van der Waals surface area contributed by atoms with Crippen LogP contribution in [0.3, 0.4) is 0 Å². The van der Waals surface area contributed by atoms with Crippen LogP contribution < -0.4 is 0 Å². The molecule has 1 aliphatic rings. The van der Waals surface area contributed by atoms with Crippen LogP contribution in [0.5, 0.6) is 0 Å². The van der Waals surface area contributed by atoms with Gasteiger partial charge in [0.2, 0.25) is 5.92 Å². The fraction of sp³-hybridized carbons (Fsp3) is 0.412. The molecule has 0 radical (unpaired) electrons. The van der Waals surface area contributed by atoms with Crippen molar-refractivity contribution < 1.29 is 8.78 Å². The average molecular weight is 427 g/mol. The van der Waals surface area contributed by atoms with E-state index in [2.05, 4.69) is 33.8 Å². The summed E-state index contributed by atoms with van der Waals surface area (Å²) in [5.74, 6) is -2.72. The highest BCUT2D eigenvalue weighted by Crippen LogP contribution is 2.51. The summed E-state index contributed by atoms with van der Waals surface area (Å²) in [4.78, 5) is 0. The first-order valence-corrected chi connectivity index (χ1v) is 8.56. The van der Waals surface area contributed by atoms with Gasteiger partial charge in [0.05, 0.1) is 17.3 Å². The zero-order valence-corrected chi connectivity index (χ0v) is 15.0. The summed E-state index contributed by atoms with van der Waals surface area (Å²) in [5.41, 5.74) is 3.11. The molecule has 0 aliphatic heterocycles. The Kier molecular flexibility index (Phi) is 4.17. The molecule has 1 fully saturated rings. The van der Waals surface area contributed by atoms with Gasteiger partial charge in [0.1, 0.15) is 3.70 Å². The lowest BCUT2D eigenvalue weighted by Crippen LogP contribution is -2.34. The quantitative estimate of drug-likeness (QED) is 0.639. The first-order chi connectivity index (χ1) is 10.8. The van der Waals surface area contributed by atoms with Crippen molar-refractivity contribution in [3.05, 3.63) is 39.1 Å². The first-order valence-electron chi connectivity index (χ1n) is 7.48. The molecule has 1 aromatic heterocycles. The highest BCUT2D eigenvalue weighted by Gasteiger charge is 2.48. The lowest BCUT2D eigenvalue weighted by Gasteiger charge is -2.35. The van der Waals surface area contributed by atoms with E-state index in [1.54, 1.807) is 12.1 Å². The van der Waals surface area contributed by atoms with E-state index in [1.165, 1.54) is 0 Å². The Morgan fingerprint density at radius 3 is 2.39 bits per heavy atom. The minimum atomic E-state index is -2.56. The van der Waals surface area contributed by atoms with Crippen molar-refractivity contribution >= 4 is 22.6 Å². The summed E-state index contributed by atoms with van der Waals surface area (Å²) >= 11 is 2.21. The van der Waals surface area contributed by atoms with Crippen LogP contribution in [-0.2, 0) is 0 Å². The second kappa shape index (κ2) is 5.86. The molecule has 2 aromatic rings. The maximum atomic E-state index is 13.3. The molecule has 0 bridgehead atoms. The molecular formula is C17H16F2IN3. The highest BCUT2D eigenvalue weighted by molar-refractivity contribution is 14.1. The smallest absolute Gasteiger partial charge is 0.249 e. The van der Waals surface area contributed by atoms with Crippen molar-refractivity contribution in [1.82, 2.24) is 9.78 Å². The van der Waals surface area contributed by atoms with Gasteiger partial charge in [-0.05, 0) is 48.6 Å². The topological polar surface area (TPSA) is 41.6 Å². The van der Waals surface area contributed by atoms with E-state index in [1.807, 2.05) is 30.7 Å². The number of halogens is 3. The van der Waals surface area contributed by atoms with Crippen LogP contribution in [0.1, 0.15) is 49.8 Å². The summed E-state index contributed by atoms with van der Waals surface area (Å²) in [6.07, 6.45) is -0.230. The van der Waals surface area contributed by atoms with Crippen LogP contribution in [0, 0.1) is 15.0 Å². The number of rotatable bonds is 3. The highest BCUT2D eigenvalue weighted by atomic mass is 127. The van der Waals surface area contributed by atoms with Gasteiger partial charge in [0.25, 0.3) is 0 Å². The summed E-state index contributed by atoms with van der Waals surface area (Å²) in [7, 11) is 0. The van der Waals surface area contributed by atoms with Crippen molar-refractivity contribution in [1.29, 1.82) is 5.26 Å². The Morgan fingerprint density at radius 2 is 1.91 bits per heavy atom. The van der Waals surface area contributed by atoms with Crippen LogP contribution in [-0.4, -0.2) is 15.7 Å². The van der Waals surface area contributed by atoms with Crippen LogP contribution in [0.25, 0.3) is 11.3 Å². The van der Waals surface area contributed by atoms with Crippen molar-refractivity contribution in [3.63, 3.8) is 0 Å². The Labute approximate surface area is 147 Å². The summed E-state index contributed by atoms with van der Waals surface area (Å²) < 4.78 is 29.5. The molecule has 120 valence electrons. The standard InChI is InChI=1S/C17H16F2IN3/c1-10(2)23-16(20)14(13-7-17(18,19)8-13)15(22-23)12-5-3-11(9-21)4-6-12/h3-6,10,13H,7-8H2,1-2H3. The lowest BCUT2D eigenvalue weighted by atomic mass is 9.76. The monoisotopic (exact) mass is 427 g/mol. The van der Waals surface area contributed by atoms with Crippen LogP contribution in [0.4, 0.5) is 8.78 Å². The molecule has 3 nitrogen and oxygen atoms in total. The van der Waals surface area contributed by atoms with Crippen molar-refractivity contribution in [3.8, 4) is 17.3 Å². The zero-order valence-electron chi connectivity index (χ0n) is 12.9. The normalized spacial score (nSPS) is 17.1. The average Bonchev–Trinajstić information content (AvgIpc) is 2.82. The fourth-order valence-corrected chi connectivity index (χ4v) is 4.27. The summed E-state index contributed by atoms with van der Waals surface area (Å²) in [6.45, 7) is 4.05. The van der Waals surface area contributed by atoms with Gasteiger partial charge in [0.15, 0.2) is 0 Å². The lowest BCUT2D eigenvalue weighted by molar-refractivity contribution is -0.0868. The zero-order chi connectivity index (χ0) is 16.8. The van der Waals surface area contributed by atoms with E-state index in [0.717, 1.165) is 20.5 Å². The Hall–Kier alpha value is -1.49. The fourth-order valence-electron chi connectivity index (χ4n) is 2.91. The molecule has 3 rings (SSSR count). The number of aromatic nitrogens is 2. The molecule has 0 amide bonds. The Balaban J connectivity index is 2.07. The molecule has 0 spiro atoms. The second-order valence-electron chi connectivity index (χ2n) is 6.24. The maximum Gasteiger partial charge on any atom is 0.249 e. The first kappa shape index (κ1) is 16.4.